The summed E-state index contributed by atoms with van der Waals surface area (Å²) in [5.74, 6) is 0.836. The van der Waals surface area contributed by atoms with Gasteiger partial charge in [0.2, 0.25) is 5.91 Å². The van der Waals surface area contributed by atoms with Crippen molar-refractivity contribution in [1.82, 2.24) is 15.5 Å². The molecular formula is C17H34ClN3O. The lowest BCUT2D eigenvalue weighted by atomic mass is 9.91. The predicted octanol–water partition coefficient (Wildman–Crippen LogP) is 2.42. The lowest BCUT2D eigenvalue weighted by molar-refractivity contribution is -0.123. The van der Waals surface area contributed by atoms with Gasteiger partial charge in [-0.05, 0) is 63.1 Å². The average Bonchev–Trinajstić information content (AvgIpc) is 2.96. The Balaban J connectivity index is 0.00000242. The van der Waals surface area contributed by atoms with E-state index in [0.717, 1.165) is 32.5 Å². The molecule has 1 amide bonds. The normalized spacial score (nSPS) is 26.5. The highest BCUT2D eigenvalue weighted by Gasteiger charge is 2.25. The molecule has 2 rings (SSSR count). The van der Waals surface area contributed by atoms with Crippen LogP contribution in [0, 0.1) is 11.3 Å². The van der Waals surface area contributed by atoms with E-state index in [-0.39, 0.29) is 24.4 Å². The van der Waals surface area contributed by atoms with Crippen LogP contribution in [-0.2, 0) is 4.79 Å². The number of likely N-dealkylation sites (tertiary alicyclic amines) is 1. The van der Waals surface area contributed by atoms with Gasteiger partial charge in [-0.3, -0.25) is 4.79 Å². The number of carbonyl (C=O) groups is 1. The van der Waals surface area contributed by atoms with Gasteiger partial charge in [0.25, 0.3) is 0 Å². The number of carbonyl (C=O) groups excluding carboxylic acids is 1. The second-order valence-corrected chi connectivity index (χ2v) is 8.01. The third-order valence-corrected chi connectivity index (χ3v) is 4.72. The van der Waals surface area contributed by atoms with Gasteiger partial charge in [-0.25, -0.2) is 0 Å². The molecule has 2 aliphatic heterocycles. The molecule has 2 aliphatic rings. The smallest absolute Gasteiger partial charge is 0.237 e. The van der Waals surface area contributed by atoms with E-state index in [1.54, 1.807) is 0 Å². The molecule has 0 saturated carbocycles. The van der Waals surface area contributed by atoms with Crippen molar-refractivity contribution < 1.29 is 4.79 Å². The van der Waals surface area contributed by atoms with Crippen LogP contribution in [0.4, 0.5) is 0 Å². The Bertz CT molecular complexity index is 337. The quantitative estimate of drug-likeness (QED) is 0.813. The minimum Gasteiger partial charge on any atom is -0.354 e. The molecule has 2 N–H and O–H groups in total. The first-order valence-electron chi connectivity index (χ1n) is 8.67. The first-order chi connectivity index (χ1) is 9.94. The number of nitrogens with one attached hydrogen (secondary N) is 2. The second-order valence-electron chi connectivity index (χ2n) is 8.01. The Labute approximate surface area is 142 Å². The van der Waals surface area contributed by atoms with E-state index in [1.165, 1.54) is 32.4 Å². The van der Waals surface area contributed by atoms with Gasteiger partial charge in [0, 0.05) is 13.1 Å². The van der Waals surface area contributed by atoms with Crippen molar-refractivity contribution in [1.29, 1.82) is 0 Å². The van der Waals surface area contributed by atoms with Gasteiger partial charge in [0.05, 0.1) is 6.04 Å². The molecule has 0 spiro atoms. The topological polar surface area (TPSA) is 44.4 Å². The number of rotatable bonds is 5. The number of amides is 1. The van der Waals surface area contributed by atoms with Gasteiger partial charge >= 0.3 is 0 Å². The van der Waals surface area contributed by atoms with Crippen LogP contribution in [0.3, 0.4) is 0 Å². The summed E-state index contributed by atoms with van der Waals surface area (Å²) in [6.07, 6.45) is 5.89. The Kier molecular flexibility index (Phi) is 8.15. The van der Waals surface area contributed by atoms with Gasteiger partial charge in [-0.2, -0.15) is 0 Å². The molecule has 2 unspecified atom stereocenters. The Hall–Kier alpha value is -0.320. The van der Waals surface area contributed by atoms with Crippen molar-refractivity contribution in [2.45, 2.75) is 58.9 Å². The molecular weight excluding hydrogens is 298 g/mol. The minimum absolute atomic E-state index is 0. The maximum atomic E-state index is 12.0. The standard InChI is InChI=1S/C17H33N3O.ClH/c1-17(2,3)8-11-20-10-5-6-14(13-20)12-19-16(21)15-7-4-9-18-15;/h14-15,18H,4-13H2,1-3H3,(H,19,21);1H. The van der Waals surface area contributed by atoms with Crippen LogP contribution in [-0.4, -0.2) is 49.6 Å². The van der Waals surface area contributed by atoms with E-state index in [1.807, 2.05) is 0 Å². The fourth-order valence-corrected chi connectivity index (χ4v) is 3.29. The highest BCUT2D eigenvalue weighted by Crippen LogP contribution is 2.22. The van der Waals surface area contributed by atoms with Crippen molar-refractivity contribution in [3.63, 3.8) is 0 Å². The molecule has 0 aromatic carbocycles. The molecule has 0 radical (unpaired) electrons. The van der Waals surface area contributed by atoms with Crippen LogP contribution in [0.25, 0.3) is 0 Å². The van der Waals surface area contributed by atoms with Gasteiger partial charge in [0.1, 0.15) is 0 Å². The summed E-state index contributed by atoms with van der Waals surface area (Å²) < 4.78 is 0. The van der Waals surface area contributed by atoms with Crippen molar-refractivity contribution in [3.05, 3.63) is 0 Å². The molecule has 2 atom stereocenters. The SMILES string of the molecule is CC(C)(C)CCN1CCCC(CNC(=O)C2CCCN2)C1.Cl. The van der Waals surface area contributed by atoms with E-state index in [9.17, 15) is 4.79 Å². The molecule has 4 nitrogen and oxygen atoms in total. The van der Waals surface area contributed by atoms with Crippen LogP contribution in [0.15, 0.2) is 0 Å². The van der Waals surface area contributed by atoms with Crippen molar-refractivity contribution in [2.24, 2.45) is 11.3 Å². The summed E-state index contributed by atoms with van der Waals surface area (Å²) in [5, 5.41) is 6.43. The first-order valence-corrected chi connectivity index (χ1v) is 8.67. The maximum absolute atomic E-state index is 12.0. The molecule has 2 fully saturated rings. The summed E-state index contributed by atoms with van der Waals surface area (Å²) in [5.41, 5.74) is 0.412. The highest BCUT2D eigenvalue weighted by molar-refractivity contribution is 5.85. The second kappa shape index (κ2) is 9.09. The third kappa shape index (κ3) is 6.84. The minimum atomic E-state index is 0. The molecule has 0 aromatic heterocycles. The molecule has 2 heterocycles. The summed E-state index contributed by atoms with van der Waals surface area (Å²) in [4.78, 5) is 14.6. The van der Waals surface area contributed by atoms with E-state index in [4.69, 9.17) is 0 Å². The zero-order valence-electron chi connectivity index (χ0n) is 14.5. The largest absolute Gasteiger partial charge is 0.354 e. The maximum Gasteiger partial charge on any atom is 0.237 e. The Morgan fingerprint density at radius 3 is 2.68 bits per heavy atom. The van der Waals surface area contributed by atoms with E-state index < -0.39 is 0 Å². The summed E-state index contributed by atoms with van der Waals surface area (Å²) in [6.45, 7) is 12.3. The zero-order chi connectivity index (χ0) is 15.3. The van der Waals surface area contributed by atoms with Crippen molar-refractivity contribution in [2.75, 3.05) is 32.7 Å². The number of hydrogen-bond acceptors (Lipinski definition) is 3. The molecule has 2 saturated heterocycles. The monoisotopic (exact) mass is 331 g/mol. The molecule has 130 valence electrons. The van der Waals surface area contributed by atoms with Gasteiger partial charge in [-0.1, -0.05) is 20.8 Å². The number of nitrogens with zero attached hydrogens (tertiary/aromatic N) is 1. The third-order valence-electron chi connectivity index (χ3n) is 4.72. The fourth-order valence-electron chi connectivity index (χ4n) is 3.29. The van der Waals surface area contributed by atoms with Crippen LogP contribution in [0.5, 0.6) is 0 Å². The molecule has 22 heavy (non-hydrogen) atoms. The van der Waals surface area contributed by atoms with Crippen molar-refractivity contribution in [3.8, 4) is 0 Å². The Morgan fingerprint density at radius 1 is 1.27 bits per heavy atom. The predicted molar refractivity (Wildman–Crippen MR) is 94.5 cm³/mol. The van der Waals surface area contributed by atoms with Gasteiger partial charge < -0.3 is 15.5 Å². The van der Waals surface area contributed by atoms with Crippen LogP contribution >= 0.6 is 12.4 Å². The molecule has 0 bridgehead atoms. The number of halogens is 1. The van der Waals surface area contributed by atoms with Crippen molar-refractivity contribution >= 4 is 18.3 Å². The number of hydrogen-bond donors (Lipinski definition) is 2. The lowest BCUT2D eigenvalue weighted by Crippen LogP contribution is -2.45. The average molecular weight is 332 g/mol. The van der Waals surface area contributed by atoms with E-state index in [0.29, 0.717) is 11.3 Å². The van der Waals surface area contributed by atoms with Crippen LogP contribution < -0.4 is 10.6 Å². The van der Waals surface area contributed by atoms with Crippen LogP contribution in [0.2, 0.25) is 0 Å². The van der Waals surface area contributed by atoms with E-state index in [2.05, 4.69) is 36.3 Å². The number of piperidine rings is 1. The Morgan fingerprint density at radius 2 is 2.05 bits per heavy atom. The lowest BCUT2D eigenvalue weighted by Gasteiger charge is -2.34. The highest BCUT2D eigenvalue weighted by atomic mass is 35.5. The molecule has 5 heteroatoms. The first kappa shape index (κ1) is 19.7. The van der Waals surface area contributed by atoms with E-state index >= 15 is 0 Å². The van der Waals surface area contributed by atoms with Crippen LogP contribution in [0.1, 0.15) is 52.9 Å². The fraction of sp³-hybridized carbons (Fsp3) is 0.941. The summed E-state index contributed by atoms with van der Waals surface area (Å²) in [6, 6.07) is 0.0607. The summed E-state index contributed by atoms with van der Waals surface area (Å²) in [7, 11) is 0. The molecule has 0 aliphatic carbocycles. The zero-order valence-corrected chi connectivity index (χ0v) is 15.3. The molecule has 0 aromatic rings. The summed E-state index contributed by atoms with van der Waals surface area (Å²) >= 11 is 0. The van der Waals surface area contributed by atoms with Gasteiger partial charge in [-0.15, -0.1) is 12.4 Å². The van der Waals surface area contributed by atoms with Gasteiger partial charge in [0.15, 0.2) is 0 Å².